The van der Waals surface area contributed by atoms with Crippen molar-refractivity contribution in [2.45, 2.75) is 25.1 Å². The predicted octanol–water partition coefficient (Wildman–Crippen LogP) is 3.39. The fraction of sp³-hybridized carbons (Fsp3) is 0.400. The van der Waals surface area contributed by atoms with Gasteiger partial charge in [0, 0.05) is 5.56 Å². The van der Waals surface area contributed by atoms with Crippen LogP contribution in [0.1, 0.15) is 24.2 Å². The van der Waals surface area contributed by atoms with Gasteiger partial charge >= 0.3 is 12.1 Å². The Labute approximate surface area is 88.5 Å². The number of rotatable bonds is 2. The third kappa shape index (κ3) is 2.32. The Bertz CT molecular complexity index is 370. The van der Waals surface area contributed by atoms with E-state index in [1.807, 2.05) is 0 Å². The van der Waals surface area contributed by atoms with Gasteiger partial charge in [0.1, 0.15) is 0 Å². The highest BCUT2D eigenvalue weighted by molar-refractivity contribution is 5.29. The molecule has 0 amide bonds. The van der Waals surface area contributed by atoms with Crippen molar-refractivity contribution < 1.29 is 27.1 Å². The maximum atomic E-state index is 12.9. The van der Waals surface area contributed by atoms with E-state index in [2.05, 4.69) is 0 Å². The summed E-state index contributed by atoms with van der Waals surface area (Å²) in [4.78, 5) is 0. The summed E-state index contributed by atoms with van der Waals surface area (Å²) in [5.74, 6) is -4.90. The molecule has 1 aromatic rings. The lowest BCUT2D eigenvalue weighted by Crippen LogP contribution is -2.33. The summed E-state index contributed by atoms with van der Waals surface area (Å²) in [5, 5.41) is 9.09. The molecular formula is C10H9F5O. The highest BCUT2D eigenvalue weighted by atomic mass is 19.4. The molecule has 0 aliphatic heterocycles. The summed E-state index contributed by atoms with van der Waals surface area (Å²) < 4.78 is 61.9. The lowest BCUT2D eigenvalue weighted by molar-refractivity contribution is -0.289. The molecule has 0 aliphatic rings. The van der Waals surface area contributed by atoms with E-state index in [0.717, 1.165) is 6.07 Å². The first-order valence-corrected chi connectivity index (χ1v) is 4.39. The number of hydrogen-bond donors (Lipinski definition) is 1. The molecule has 0 bridgehead atoms. The molecule has 1 aromatic carbocycles. The van der Waals surface area contributed by atoms with Gasteiger partial charge in [0.05, 0.1) is 6.10 Å². The van der Waals surface area contributed by atoms with Crippen molar-refractivity contribution in [1.82, 2.24) is 0 Å². The van der Waals surface area contributed by atoms with Gasteiger partial charge in [-0.25, -0.2) is 0 Å². The summed E-state index contributed by atoms with van der Waals surface area (Å²) in [6.45, 7) is 1.28. The predicted molar refractivity (Wildman–Crippen MR) is 47.0 cm³/mol. The minimum Gasteiger partial charge on any atom is -0.389 e. The van der Waals surface area contributed by atoms with Crippen molar-refractivity contribution >= 4 is 0 Å². The third-order valence-electron chi connectivity index (χ3n) is 2.09. The van der Waals surface area contributed by atoms with Crippen LogP contribution in [0.3, 0.4) is 0 Å². The van der Waals surface area contributed by atoms with Gasteiger partial charge in [-0.05, 0) is 18.6 Å². The van der Waals surface area contributed by atoms with E-state index in [1.165, 1.54) is 13.0 Å². The van der Waals surface area contributed by atoms with Gasteiger partial charge in [-0.1, -0.05) is 18.2 Å². The van der Waals surface area contributed by atoms with Crippen LogP contribution < -0.4 is 0 Å². The molecule has 90 valence electrons. The molecule has 16 heavy (non-hydrogen) atoms. The molecule has 1 atom stereocenters. The second kappa shape index (κ2) is 4.01. The van der Waals surface area contributed by atoms with E-state index >= 15 is 0 Å². The zero-order chi connectivity index (χ0) is 12.6. The van der Waals surface area contributed by atoms with Gasteiger partial charge in [0.2, 0.25) is 0 Å². The fourth-order valence-electron chi connectivity index (χ4n) is 1.16. The van der Waals surface area contributed by atoms with Gasteiger partial charge < -0.3 is 5.11 Å². The quantitative estimate of drug-likeness (QED) is 0.785. The molecule has 1 nitrogen and oxygen atoms in total. The Kier molecular flexibility index (Phi) is 3.23. The molecule has 1 rings (SSSR count). The molecule has 0 spiro atoms. The van der Waals surface area contributed by atoms with Crippen molar-refractivity contribution in [3.63, 3.8) is 0 Å². The average Bonchev–Trinajstić information content (AvgIpc) is 2.16. The van der Waals surface area contributed by atoms with Crippen LogP contribution in [0, 0.1) is 0 Å². The highest BCUT2D eigenvalue weighted by Gasteiger charge is 2.58. The number of benzene rings is 1. The van der Waals surface area contributed by atoms with E-state index in [1.54, 1.807) is 0 Å². The molecule has 0 unspecified atom stereocenters. The van der Waals surface area contributed by atoms with Crippen LogP contribution in [0.15, 0.2) is 24.3 Å². The first-order valence-electron chi connectivity index (χ1n) is 4.39. The maximum Gasteiger partial charge on any atom is 0.458 e. The Hall–Kier alpha value is -1.17. The number of hydrogen-bond acceptors (Lipinski definition) is 1. The fourth-order valence-corrected chi connectivity index (χ4v) is 1.16. The van der Waals surface area contributed by atoms with Gasteiger partial charge in [-0.15, -0.1) is 0 Å². The number of aliphatic hydroxyl groups excluding tert-OH is 1. The molecule has 0 aromatic heterocycles. The Morgan fingerprint density at radius 1 is 1.12 bits per heavy atom. The summed E-state index contributed by atoms with van der Waals surface area (Å²) in [6.07, 6.45) is -6.73. The molecular weight excluding hydrogens is 231 g/mol. The lowest BCUT2D eigenvalue weighted by atomic mass is 10.0. The zero-order valence-corrected chi connectivity index (χ0v) is 8.22. The van der Waals surface area contributed by atoms with Crippen LogP contribution in [0.5, 0.6) is 0 Å². The van der Waals surface area contributed by atoms with Crippen LogP contribution in [-0.4, -0.2) is 11.3 Å². The van der Waals surface area contributed by atoms with Crippen molar-refractivity contribution in [3.05, 3.63) is 35.4 Å². The van der Waals surface area contributed by atoms with Gasteiger partial charge in [-0.3, -0.25) is 0 Å². The smallest absolute Gasteiger partial charge is 0.389 e. The SMILES string of the molecule is C[C@H](O)c1cccc(C(F)(F)C(F)(F)F)c1. The molecule has 6 heteroatoms. The summed E-state index contributed by atoms with van der Waals surface area (Å²) in [6, 6.07) is 3.66. The van der Waals surface area contributed by atoms with E-state index in [9.17, 15) is 22.0 Å². The molecule has 0 fully saturated rings. The van der Waals surface area contributed by atoms with E-state index < -0.39 is 23.8 Å². The molecule has 0 heterocycles. The molecule has 1 N–H and O–H groups in total. The van der Waals surface area contributed by atoms with Crippen molar-refractivity contribution in [3.8, 4) is 0 Å². The third-order valence-corrected chi connectivity index (χ3v) is 2.09. The highest BCUT2D eigenvalue weighted by Crippen LogP contribution is 2.44. The summed E-state index contributed by atoms with van der Waals surface area (Å²) in [5.41, 5.74) is -1.15. The molecule has 0 radical (unpaired) electrons. The Morgan fingerprint density at radius 3 is 2.12 bits per heavy atom. The molecule has 0 saturated heterocycles. The van der Waals surface area contributed by atoms with E-state index in [-0.39, 0.29) is 5.56 Å². The zero-order valence-electron chi connectivity index (χ0n) is 8.22. The number of halogens is 5. The van der Waals surface area contributed by atoms with Gasteiger partial charge in [0.15, 0.2) is 0 Å². The minimum absolute atomic E-state index is 0.0152. The summed E-state index contributed by atoms with van der Waals surface area (Å²) >= 11 is 0. The standard InChI is InChI=1S/C10H9F5O/c1-6(16)7-3-2-4-8(5-7)9(11,12)10(13,14)15/h2-6,16H,1H3/t6-/m0/s1. The first kappa shape index (κ1) is 12.9. The van der Waals surface area contributed by atoms with Crippen LogP contribution in [0.25, 0.3) is 0 Å². The number of aliphatic hydroxyl groups is 1. The Morgan fingerprint density at radius 2 is 1.69 bits per heavy atom. The van der Waals surface area contributed by atoms with Gasteiger partial charge in [-0.2, -0.15) is 22.0 Å². The summed E-state index contributed by atoms with van der Waals surface area (Å²) in [7, 11) is 0. The van der Waals surface area contributed by atoms with Crippen LogP contribution in [-0.2, 0) is 5.92 Å². The van der Waals surface area contributed by atoms with Crippen molar-refractivity contribution in [1.29, 1.82) is 0 Å². The lowest BCUT2D eigenvalue weighted by Gasteiger charge is -2.20. The van der Waals surface area contributed by atoms with E-state index in [4.69, 9.17) is 5.11 Å². The van der Waals surface area contributed by atoms with E-state index in [0.29, 0.717) is 12.1 Å². The number of alkyl halides is 5. The largest absolute Gasteiger partial charge is 0.458 e. The monoisotopic (exact) mass is 240 g/mol. The van der Waals surface area contributed by atoms with Gasteiger partial charge in [0.25, 0.3) is 0 Å². The average molecular weight is 240 g/mol. The minimum atomic E-state index is -5.63. The van der Waals surface area contributed by atoms with Crippen molar-refractivity contribution in [2.75, 3.05) is 0 Å². The van der Waals surface area contributed by atoms with Crippen molar-refractivity contribution in [2.24, 2.45) is 0 Å². The first-order chi connectivity index (χ1) is 7.16. The van der Waals surface area contributed by atoms with Crippen LogP contribution in [0.2, 0.25) is 0 Å². The second-order valence-electron chi connectivity index (χ2n) is 3.37. The molecule has 0 saturated carbocycles. The maximum absolute atomic E-state index is 12.9. The topological polar surface area (TPSA) is 20.2 Å². The second-order valence-corrected chi connectivity index (χ2v) is 3.37. The molecule has 0 aliphatic carbocycles. The van der Waals surface area contributed by atoms with Crippen LogP contribution >= 0.6 is 0 Å². The normalized spacial score (nSPS) is 14.9. The Balaban J connectivity index is 3.19. The van der Waals surface area contributed by atoms with Crippen LogP contribution in [0.4, 0.5) is 22.0 Å².